The molecule has 111 valence electrons. The number of aryl methyl sites for hydroxylation is 1. The minimum Gasteiger partial charge on any atom is -0.378 e. The van der Waals surface area contributed by atoms with Crippen LogP contribution >= 0.6 is 0 Å². The van der Waals surface area contributed by atoms with Crippen molar-refractivity contribution in [2.75, 3.05) is 33.1 Å². The summed E-state index contributed by atoms with van der Waals surface area (Å²) in [4.78, 5) is 12.7. The van der Waals surface area contributed by atoms with Crippen LogP contribution in [0, 0.1) is 6.92 Å². The Morgan fingerprint density at radius 2 is 1.57 bits per heavy atom. The van der Waals surface area contributed by atoms with Crippen LogP contribution in [0.1, 0.15) is 5.82 Å². The normalized spacial score (nSPS) is 7.29. The quantitative estimate of drug-likeness (QED) is 0.547. The molecule has 3 radical (unpaired) electrons. The summed E-state index contributed by atoms with van der Waals surface area (Å²) in [5, 5.41) is 2.75. The van der Waals surface area contributed by atoms with Gasteiger partial charge >= 0.3 is 51.4 Å². The van der Waals surface area contributed by atoms with E-state index in [0.717, 1.165) is 5.82 Å². The first-order chi connectivity index (χ1) is 8.61. The van der Waals surface area contributed by atoms with Crippen molar-refractivity contribution in [1.29, 1.82) is 0 Å². The third-order valence-electron chi connectivity index (χ3n) is 1.81. The van der Waals surface area contributed by atoms with Gasteiger partial charge in [-0.15, -0.1) is 0 Å². The summed E-state index contributed by atoms with van der Waals surface area (Å²) in [6, 6.07) is 3.94. The van der Waals surface area contributed by atoms with Gasteiger partial charge in [0, 0.05) is 53.0 Å². The molecule has 0 bridgehead atoms. The van der Waals surface area contributed by atoms with E-state index in [0.29, 0.717) is 0 Å². The minimum atomic E-state index is 0. The van der Waals surface area contributed by atoms with E-state index < -0.39 is 0 Å². The van der Waals surface area contributed by atoms with Gasteiger partial charge in [-0.05, 0) is 33.2 Å². The summed E-state index contributed by atoms with van der Waals surface area (Å²) in [6.07, 6.45) is 7.11. The van der Waals surface area contributed by atoms with Crippen LogP contribution in [0.15, 0.2) is 36.9 Å². The molecule has 0 saturated heterocycles. The zero-order valence-corrected chi connectivity index (χ0v) is 16.5. The number of hydrogen-bond donors (Lipinski definition) is 2. The Bertz CT molecular complexity index is 385. The largest absolute Gasteiger partial charge is 1.00 e. The van der Waals surface area contributed by atoms with Crippen LogP contribution in [0.5, 0.6) is 0 Å². The second-order valence-corrected chi connectivity index (χ2v) is 3.77. The Morgan fingerprint density at radius 1 is 1.10 bits per heavy atom. The van der Waals surface area contributed by atoms with Gasteiger partial charge in [-0.3, -0.25) is 4.98 Å². The predicted octanol–water partition coefficient (Wildman–Crippen LogP) is -3.13. The maximum absolute atomic E-state index is 3.90. The Labute approximate surface area is 175 Å². The molecule has 0 aromatic carbocycles. The molecule has 8 heteroatoms. The molecule has 0 unspecified atom stereocenters. The van der Waals surface area contributed by atoms with Gasteiger partial charge in [0.1, 0.15) is 5.82 Å². The van der Waals surface area contributed by atoms with E-state index in [9.17, 15) is 0 Å². The average Bonchev–Trinajstić information content (AvgIpc) is 2.83. The molecular weight excluding hydrogens is 287 g/mol. The number of H-pyrrole nitrogens is 1. The van der Waals surface area contributed by atoms with Crippen molar-refractivity contribution in [3.05, 3.63) is 42.7 Å². The maximum Gasteiger partial charge on any atom is 1.00 e. The summed E-state index contributed by atoms with van der Waals surface area (Å²) >= 11 is 0. The van der Waals surface area contributed by atoms with Gasteiger partial charge < -0.3 is 15.2 Å². The van der Waals surface area contributed by atoms with Crippen LogP contribution in [-0.2, 0) is 0 Å². The monoisotopic (exact) mass is 314 g/mol. The number of nitrogens with zero attached hydrogens (tertiary/aromatic N) is 3. The maximum atomic E-state index is 3.90. The molecule has 21 heavy (non-hydrogen) atoms. The summed E-state index contributed by atoms with van der Waals surface area (Å²) in [7, 11) is 7.77. The van der Waals surface area contributed by atoms with E-state index in [1.165, 1.54) is 5.69 Å². The number of aromatic amines is 1. The number of imidazole rings is 1. The summed E-state index contributed by atoms with van der Waals surface area (Å²) in [6.45, 7) is 1.92. The third kappa shape index (κ3) is 17.8. The Hall–Kier alpha value is -0.114. The summed E-state index contributed by atoms with van der Waals surface area (Å²) < 4.78 is 0. The number of pyridine rings is 1. The zero-order valence-electron chi connectivity index (χ0n) is 13.4. The molecule has 0 aliphatic carbocycles. The smallest absolute Gasteiger partial charge is 0.378 e. The minimum absolute atomic E-state index is 0. The molecule has 2 aromatic heterocycles. The molecular formula is C13H27B2KN5. The van der Waals surface area contributed by atoms with E-state index in [4.69, 9.17) is 0 Å². The summed E-state index contributed by atoms with van der Waals surface area (Å²) in [5.74, 6) is 0.968. The Kier molecular flexibility index (Phi) is 27.4. The zero-order chi connectivity index (χ0) is 13.8. The van der Waals surface area contributed by atoms with Crippen LogP contribution in [0.25, 0.3) is 0 Å². The first kappa shape index (κ1) is 29.0. The van der Waals surface area contributed by atoms with E-state index in [1.54, 1.807) is 24.8 Å². The number of anilines is 1. The van der Waals surface area contributed by atoms with Crippen molar-refractivity contribution in [2.45, 2.75) is 6.92 Å². The molecule has 5 nitrogen and oxygen atoms in total. The van der Waals surface area contributed by atoms with Crippen LogP contribution in [0.3, 0.4) is 0 Å². The second-order valence-electron chi connectivity index (χ2n) is 3.77. The molecule has 0 saturated carbocycles. The molecule has 2 heterocycles. The van der Waals surface area contributed by atoms with Crippen molar-refractivity contribution >= 4 is 22.5 Å². The van der Waals surface area contributed by atoms with Gasteiger partial charge in [-0.1, -0.05) is 8.41 Å². The van der Waals surface area contributed by atoms with Crippen molar-refractivity contribution < 1.29 is 51.4 Å². The molecule has 0 aliphatic heterocycles. The topological polar surface area (TPSA) is 56.8 Å². The van der Waals surface area contributed by atoms with E-state index >= 15 is 0 Å². The number of nitrogens with one attached hydrogen (secondary N) is 2. The van der Waals surface area contributed by atoms with Crippen molar-refractivity contribution in [1.82, 2.24) is 20.3 Å². The fourth-order valence-corrected chi connectivity index (χ4v) is 0.986. The van der Waals surface area contributed by atoms with Crippen molar-refractivity contribution in [3.8, 4) is 0 Å². The van der Waals surface area contributed by atoms with Gasteiger partial charge in [0.05, 0.1) is 0 Å². The average molecular weight is 314 g/mol. The molecule has 0 aliphatic rings. The molecule has 2 aromatic rings. The molecule has 2 N–H and O–H groups in total. The van der Waals surface area contributed by atoms with Gasteiger partial charge in [0.25, 0.3) is 0 Å². The van der Waals surface area contributed by atoms with Gasteiger partial charge in [-0.25, -0.2) is 4.98 Å². The summed E-state index contributed by atoms with van der Waals surface area (Å²) in [5.41, 5.74) is 1.19. The fraction of sp³-hybridized carbons (Fsp3) is 0.385. The SMILES string of the molecule is CN(C)c1ccncc1.CNC.Cc1ncc[nH]1.[BH4-].[B].[K+]. The molecule has 0 atom stereocenters. The second kappa shape index (κ2) is 19.9. The van der Waals surface area contributed by atoms with Crippen LogP contribution in [-0.4, -0.2) is 60.0 Å². The van der Waals surface area contributed by atoms with Crippen LogP contribution in [0.4, 0.5) is 5.69 Å². The number of rotatable bonds is 1. The standard InChI is InChI=1S/C7H10N2.C4H6N2.C2H7N.BH4.B.K/c1-9(2)7-3-5-8-6-4-7;1-4-5-2-3-6-4;1-3-2;;;/h3-6H,1-2H3;2-3H,1H3,(H,5,6);3H,1-2H3;1H4;;/q;;;-1;;+1. The molecule has 0 amide bonds. The van der Waals surface area contributed by atoms with E-state index in [2.05, 4.69) is 20.3 Å². The Balaban J connectivity index is -0.000000107. The molecule has 0 spiro atoms. The molecule has 2 rings (SSSR count). The van der Waals surface area contributed by atoms with E-state index in [-0.39, 0.29) is 68.2 Å². The Morgan fingerprint density at radius 3 is 1.76 bits per heavy atom. The van der Waals surface area contributed by atoms with Gasteiger partial charge in [0.2, 0.25) is 0 Å². The van der Waals surface area contributed by atoms with Crippen molar-refractivity contribution in [2.24, 2.45) is 0 Å². The third-order valence-corrected chi connectivity index (χ3v) is 1.81. The first-order valence-corrected chi connectivity index (χ1v) is 5.73. The molecule has 0 fully saturated rings. The van der Waals surface area contributed by atoms with E-state index in [1.807, 2.05) is 52.1 Å². The van der Waals surface area contributed by atoms with Gasteiger partial charge in [-0.2, -0.15) is 0 Å². The number of aromatic nitrogens is 3. The van der Waals surface area contributed by atoms with Crippen LogP contribution in [0.2, 0.25) is 0 Å². The fourth-order valence-electron chi connectivity index (χ4n) is 0.986. The van der Waals surface area contributed by atoms with Gasteiger partial charge in [0.15, 0.2) is 0 Å². The predicted molar refractivity (Wildman–Crippen MR) is 94.0 cm³/mol. The first-order valence-electron chi connectivity index (χ1n) is 5.73. The van der Waals surface area contributed by atoms with Crippen LogP contribution < -0.4 is 61.6 Å². The van der Waals surface area contributed by atoms with Crippen molar-refractivity contribution in [3.63, 3.8) is 0 Å². The number of hydrogen-bond acceptors (Lipinski definition) is 4.